The van der Waals surface area contributed by atoms with Crippen molar-refractivity contribution in [3.8, 4) is 0 Å². The maximum atomic E-state index is 12.3. The Bertz CT molecular complexity index is 701. The van der Waals surface area contributed by atoms with Crippen molar-refractivity contribution in [2.24, 2.45) is 0 Å². The van der Waals surface area contributed by atoms with E-state index in [0.717, 1.165) is 38.9 Å². The molecule has 27 heavy (non-hydrogen) atoms. The second kappa shape index (κ2) is 9.70. The first-order valence-corrected chi connectivity index (χ1v) is 10.2. The number of nitrogens with zero attached hydrogens (tertiary/aromatic N) is 1. The number of amides is 1. The summed E-state index contributed by atoms with van der Waals surface area (Å²) in [6.45, 7) is 7.52. The molecule has 2 aromatic carbocycles. The maximum absolute atomic E-state index is 12.3. The van der Waals surface area contributed by atoms with E-state index >= 15 is 0 Å². The molecule has 144 valence electrons. The minimum atomic E-state index is 0.185. The van der Waals surface area contributed by atoms with Gasteiger partial charge in [0.2, 0.25) is 5.91 Å². The number of likely N-dealkylation sites (tertiary alicyclic amines) is 1. The van der Waals surface area contributed by atoms with Gasteiger partial charge in [-0.3, -0.25) is 9.69 Å². The van der Waals surface area contributed by atoms with Gasteiger partial charge in [0.25, 0.3) is 0 Å². The van der Waals surface area contributed by atoms with Crippen LogP contribution >= 0.6 is 0 Å². The number of carbonyl (C=O) groups excluding carboxylic acids is 1. The number of hydrogen-bond donors (Lipinski definition) is 1. The van der Waals surface area contributed by atoms with Crippen LogP contribution in [0, 0.1) is 0 Å². The topological polar surface area (TPSA) is 32.3 Å². The lowest BCUT2D eigenvalue weighted by Crippen LogP contribution is -2.44. The van der Waals surface area contributed by atoms with Gasteiger partial charge in [0.15, 0.2) is 0 Å². The molecule has 1 heterocycles. The summed E-state index contributed by atoms with van der Waals surface area (Å²) in [7, 11) is 0. The van der Waals surface area contributed by atoms with Gasteiger partial charge in [0, 0.05) is 32.1 Å². The Morgan fingerprint density at radius 3 is 2.30 bits per heavy atom. The Morgan fingerprint density at radius 1 is 1.00 bits per heavy atom. The van der Waals surface area contributed by atoms with Gasteiger partial charge in [-0.15, -0.1) is 0 Å². The molecule has 0 aromatic heterocycles. The van der Waals surface area contributed by atoms with E-state index in [0.29, 0.717) is 18.4 Å². The Hall–Kier alpha value is -2.13. The van der Waals surface area contributed by atoms with E-state index in [1.165, 1.54) is 16.7 Å². The van der Waals surface area contributed by atoms with Crippen LogP contribution in [0.4, 0.5) is 0 Å². The van der Waals surface area contributed by atoms with E-state index in [4.69, 9.17) is 0 Å². The van der Waals surface area contributed by atoms with E-state index in [1.54, 1.807) is 0 Å². The number of hydrogen-bond acceptors (Lipinski definition) is 2. The second-order valence-corrected chi connectivity index (χ2v) is 8.00. The largest absolute Gasteiger partial charge is 0.353 e. The molecule has 0 aliphatic carbocycles. The van der Waals surface area contributed by atoms with E-state index in [-0.39, 0.29) is 5.91 Å². The number of aryl methyl sites for hydroxylation is 1. The molecule has 0 atom stereocenters. The minimum Gasteiger partial charge on any atom is -0.353 e. The van der Waals surface area contributed by atoms with Crippen molar-refractivity contribution in [1.29, 1.82) is 0 Å². The quantitative estimate of drug-likeness (QED) is 0.783. The lowest BCUT2D eigenvalue weighted by atomic mass is 10.00. The molecule has 3 heteroatoms. The molecule has 1 fully saturated rings. The van der Waals surface area contributed by atoms with Crippen molar-refractivity contribution in [3.63, 3.8) is 0 Å². The molecule has 1 aliphatic heterocycles. The molecule has 1 amide bonds. The van der Waals surface area contributed by atoms with Crippen LogP contribution in [0.1, 0.15) is 55.7 Å². The van der Waals surface area contributed by atoms with Crippen LogP contribution in [-0.4, -0.2) is 29.9 Å². The van der Waals surface area contributed by atoms with Crippen molar-refractivity contribution >= 4 is 5.91 Å². The number of nitrogens with one attached hydrogen (secondary N) is 1. The molecule has 3 nitrogen and oxygen atoms in total. The molecule has 3 rings (SSSR count). The fraction of sp³-hybridized carbons (Fsp3) is 0.458. The van der Waals surface area contributed by atoms with Crippen LogP contribution < -0.4 is 5.32 Å². The van der Waals surface area contributed by atoms with E-state index < -0.39 is 0 Å². The lowest BCUT2D eigenvalue weighted by Gasteiger charge is -2.32. The van der Waals surface area contributed by atoms with Crippen LogP contribution in [0.15, 0.2) is 54.6 Å². The summed E-state index contributed by atoms with van der Waals surface area (Å²) in [5.41, 5.74) is 3.96. The van der Waals surface area contributed by atoms with Crippen molar-refractivity contribution in [3.05, 3.63) is 71.3 Å². The summed E-state index contributed by atoms with van der Waals surface area (Å²) in [6, 6.07) is 19.6. The number of carbonyl (C=O) groups is 1. The molecule has 2 aromatic rings. The van der Waals surface area contributed by atoms with Crippen LogP contribution in [0.25, 0.3) is 0 Å². The highest BCUT2D eigenvalue weighted by molar-refractivity contribution is 5.76. The highest BCUT2D eigenvalue weighted by atomic mass is 16.1. The molecule has 0 bridgehead atoms. The van der Waals surface area contributed by atoms with Gasteiger partial charge in [0.1, 0.15) is 0 Å². The minimum absolute atomic E-state index is 0.185. The highest BCUT2D eigenvalue weighted by Crippen LogP contribution is 2.16. The van der Waals surface area contributed by atoms with Gasteiger partial charge >= 0.3 is 0 Å². The van der Waals surface area contributed by atoms with Gasteiger partial charge in [-0.05, 0) is 41.9 Å². The Balaban J connectivity index is 1.36. The standard InChI is InChI=1S/C24H32N2O/c1-19(2)22-11-8-20(9-12-22)10-13-24(27)25-23-14-16-26(17-15-23)18-21-6-4-3-5-7-21/h3-9,11-12,19,23H,10,13-18H2,1-2H3,(H,25,27). The zero-order valence-corrected chi connectivity index (χ0v) is 16.7. The molecule has 0 radical (unpaired) electrons. The molecule has 0 spiro atoms. The van der Waals surface area contributed by atoms with Crippen molar-refractivity contribution in [2.75, 3.05) is 13.1 Å². The summed E-state index contributed by atoms with van der Waals surface area (Å²) in [5, 5.41) is 3.24. The van der Waals surface area contributed by atoms with Crippen LogP contribution in [0.3, 0.4) is 0 Å². The van der Waals surface area contributed by atoms with Crippen molar-refractivity contribution in [2.45, 2.75) is 58.0 Å². The van der Waals surface area contributed by atoms with Crippen LogP contribution in [-0.2, 0) is 17.8 Å². The lowest BCUT2D eigenvalue weighted by molar-refractivity contribution is -0.122. The van der Waals surface area contributed by atoms with E-state index in [1.807, 2.05) is 0 Å². The molecular formula is C24H32N2O. The number of rotatable bonds is 7. The first kappa shape index (κ1) is 19.6. The summed E-state index contributed by atoms with van der Waals surface area (Å²) in [5.74, 6) is 0.736. The predicted octanol–water partition coefficient (Wildman–Crippen LogP) is 4.52. The van der Waals surface area contributed by atoms with E-state index in [2.05, 4.69) is 78.7 Å². The molecule has 1 N–H and O–H groups in total. The van der Waals surface area contributed by atoms with Gasteiger partial charge in [-0.25, -0.2) is 0 Å². The third-order valence-corrected chi connectivity index (χ3v) is 5.49. The third kappa shape index (κ3) is 6.21. The smallest absolute Gasteiger partial charge is 0.220 e. The Labute approximate surface area is 163 Å². The van der Waals surface area contributed by atoms with Gasteiger partial charge in [0.05, 0.1) is 0 Å². The molecule has 1 saturated heterocycles. The summed E-state index contributed by atoms with van der Waals surface area (Å²) >= 11 is 0. The van der Waals surface area contributed by atoms with E-state index in [9.17, 15) is 4.79 Å². The van der Waals surface area contributed by atoms with Gasteiger partial charge in [-0.1, -0.05) is 68.4 Å². The zero-order valence-electron chi connectivity index (χ0n) is 16.7. The Morgan fingerprint density at radius 2 is 1.67 bits per heavy atom. The molecule has 0 unspecified atom stereocenters. The fourth-order valence-electron chi connectivity index (χ4n) is 3.70. The van der Waals surface area contributed by atoms with Gasteiger partial charge in [-0.2, -0.15) is 0 Å². The Kier molecular flexibility index (Phi) is 7.05. The average molecular weight is 365 g/mol. The fourth-order valence-corrected chi connectivity index (χ4v) is 3.70. The van der Waals surface area contributed by atoms with Crippen LogP contribution in [0.2, 0.25) is 0 Å². The van der Waals surface area contributed by atoms with Crippen LogP contribution in [0.5, 0.6) is 0 Å². The normalized spacial score (nSPS) is 15.8. The maximum Gasteiger partial charge on any atom is 0.220 e. The second-order valence-electron chi connectivity index (χ2n) is 8.00. The molecular weight excluding hydrogens is 332 g/mol. The summed E-state index contributed by atoms with van der Waals surface area (Å²) in [4.78, 5) is 14.8. The zero-order chi connectivity index (χ0) is 19.1. The average Bonchev–Trinajstić information content (AvgIpc) is 2.69. The van der Waals surface area contributed by atoms with Crippen molar-refractivity contribution in [1.82, 2.24) is 10.2 Å². The predicted molar refractivity (Wildman–Crippen MR) is 112 cm³/mol. The van der Waals surface area contributed by atoms with Crippen molar-refractivity contribution < 1.29 is 4.79 Å². The molecule has 0 saturated carbocycles. The highest BCUT2D eigenvalue weighted by Gasteiger charge is 2.20. The first-order chi connectivity index (χ1) is 13.1. The molecule has 1 aliphatic rings. The SMILES string of the molecule is CC(C)c1ccc(CCC(=O)NC2CCN(Cc3ccccc3)CC2)cc1. The number of piperidine rings is 1. The summed E-state index contributed by atoms with van der Waals surface area (Å²) in [6.07, 6.45) is 3.48. The number of benzene rings is 2. The monoisotopic (exact) mass is 364 g/mol. The third-order valence-electron chi connectivity index (χ3n) is 5.49. The first-order valence-electron chi connectivity index (χ1n) is 10.2. The summed E-state index contributed by atoms with van der Waals surface area (Å²) < 4.78 is 0. The van der Waals surface area contributed by atoms with Gasteiger partial charge < -0.3 is 5.32 Å².